The number of rotatable bonds is 2. The van der Waals surface area contributed by atoms with Crippen molar-refractivity contribution in [3.63, 3.8) is 0 Å². The molecule has 0 radical (unpaired) electrons. The van der Waals surface area contributed by atoms with E-state index in [4.69, 9.17) is 11.6 Å². The van der Waals surface area contributed by atoms with Crippen LogP contribution < -0.4 is 5.56 Å². The summed E-state index contributed by atoms with van der Waals surface area (Å²) in [5, 5.41) is 1.62. The Balaban J connectivity index is 2.48. The number of aromatic nitrogens is 4. The van der Waals surface area contributed by atoms with Crippen LogP contribution in [0.4, 0.5) is 0 Å². The molecular weight excluding hydrogens is 308 g/mol. The number of halogens is 1. The van der Waals surface area contributed by atoms with Crippen LogP contribution in [0.3, 0.4) is 0 Å². The number of nitrogens with zero attached hydrogens (tertiary/aromatic N) is 3. The van der Waals surface area contributed by atoms with Crippen LogP contribution in [-0.4, -0.2) is 19.9 Å². The molecular formula is C14H17ClN4OS. The van der Waals surface area contributed by atoms with Gasteiger partial charge >= 0.3 is 0 Å². The van der Waals surface area contributed by atoms with Crippen molar-refractivity contribution in [2.75, 3.05) is 0 Å². The van der Waals surface area contributed by atoms with Gasteiger partial charge in [-0.1, -0.05) is 32.4 Å². The van der Waals surface area contributed by atoms with E-state index in [0.717, 1.165) is 5.56 Å². The first-order valence-electron chi connectivity index (χ1n) is 6.47. The number of hydrogen-bond donors (Lipinski definition) is 1. The molecule has 0 saturated heterocycles. The van der Waals surface area contributed by atoms with E-state index in [1.54, 1.807) is 6.92 Å². The summed E-state index contributed by atoms with van der Waals surface area (Å²) in [5.74, 6) is 0.663. The fraction of sp³-hybridized carbons (Fsp3) is 0.429. The average Bonchev–Trinajstić information content (AvgIpc) is 2.32. The first kappa shape index (κ1) is 16.0. The van der Waals surface area contributed by atoms with Gasteiger partial charge in [-0.05, 0) is 25.6 Å². The second-order valence-corrected chi connectivity index (χ2v) is 7.15. The number of hydrogen-bond acceptors (Lipinski definition) is 5. The molecule has 112 valence electrons. The lowest BCUT2D eigenvalue weighted by Crippen LogP contribution is -2.17. The lowest BCUT2D eigenvalue weighted by Gasteiger charge is -2.18. The van der Waals surface area contributed by atoms with Crippen LogP contribution in [0.1, 0.15) is 37.9 Å². The summed E-state index contributed by atoms with van der Waals surface area (Å²) in [7, 11) is 0. The van der Waals surface area contributed by atoms with E-state index in [1.165, 1.54) is 17.8 Å². The molecule has 0 atom stereocenters. The molecule has 2 aromatic rings. The first-order chi connectivity index (χ1) is 9.66. The molecule has 2 heterocycles. The van der Waals surface area contributed by atoms with Crippen molar-refractivity contribution in [3.8, 4) is 0 Å². The van der Waals surface area contributed by atoms with Gasteiger partial charge in [0.2, 0.25) is 0 Å². The topological polar surface area (TPSA) is 71.5 Å². The molecule has 0 aliphatic heterocycles. The first-order valence-corrected chi connectivity index (χ1v) is 7.66. The summed E-state index contributed by atoms with van der Waals surface area (Å²) in [4.78, 5) is 27.4. The van der Waals surface area contributed by atoms with E-state index in [9.17, 15) is 4.79 Å². The zero-order valence-electron chi connectivity index (χ0n) is 12.6. The molecule has 7 heteroatoms. The molecule has 0 bridgehead atoms. The molecule has 0 aliphatic carbocycles. The molecule has 0 spiro atoms. The molecule has 2 rings (SSSR count). The van der Waals surface area contributed by atoms with Crippen molar-refractivity contribution in [1.82, 2.24) is 19.9 Å². The monoisotopic (exact) mass is 324 g/mol. The van der Waals surface area contributed by atoms with Gasteiger partial charge in [0.15, 0.2) is 5.16 Å². The zero-order valence-corrected chi connectivity index (χ0v) is 14.2. The van der Waals surface area contributed by atoms with Crippen LogP contribution in [0, 0.1) is 13.8 Å². The van der Waals surface area contributed by atoms with Crippen molar-refractivity contribution in [1.29, 1.82) is 0 Å². The third-order valence-corrected chi connectivity index (χ3v) is 4.10. The highest BCUT2D eigenvalue weighted by molar-refractivity contribution is 7.99. The molecule has 1 N–H and O–H groups in total. The van der Waals surface area contributed by atoms with Gasteiger partial charge in [0, 0.05) is 22.7 Å². The smallest absolute Gasteiger partial charge is 0.251 e. The maximum absolute atomic E-state index is 11.5. The lowest BCUT2D eigenvalue weighted by atomic mass is 9.96. The van der Waals surface area contributed by atoms with Crippen LogP contribution in [0.15, 0.2) is 21.0 Å². The van der Waals surface area contributed by atoms with Crippen molar-refractivity contribution in [2.24, 2.45) is 0 Å². The summed E-state index contributed by atoms with van der Waals surface area (Å²) in [6.07, 6.45) is 0. The Labute approximate surface area is 132 Å². The van der Waals surface area contributed by atoms with Gasteiger partial charge in [-0.25, -0.2) is 15.0 Å². The number of aryl methyl sites for hydroxylation is 1. The Hall–Kier alpha value is -1.40. The Morgan fingerprint density at radius 2 is 1.86 bits per heavy atom. The molecule has 0 aromatic carbocycles. The summed E-state index contributed by atoms with van der Waals surface area (Å²) >= 11 is 7.48. The van der Waals surface area contributed by atoms with Gasteiger partial charge in [-0.3, -0.25) is 4.79 Å². The minimum absolute atomic E-state index is 0.182. The maximum Gasteiger partial charge on any atom is 0.251 e. The van der Waals surface area contributed by atoms with E-state index in [2.05, 4.69) is 19.9 Å². The van der Waals surface area contributed by atoms with E-state index in [1.807, 2.05) is 27.7 Å². The van der Waals surface area contributed by atoms with E-state index >= 15 is 0 Å². The van der Waals surface area contributed by atoms with Crippen LogP contribution in [0.25, 0.3) is 0 Å². The predicted octanol–water partition coefficient (Wildman–Crippen LogP) is 3.28. The number of H-pyrrole nitrogens is 1. The van der Waals surface area contributed by atoms with Gasteiger partial charge in [-0.15, -0.1) is 0 Å². The predicted molar refractivity (Wildman–Crippen MR) is 84.2 cm³/mol. The molecule has 2 aromatic heterocycles. The highest BCUT2D eigenvalue weighted by Gasteiger charge is 2.21. The standard InChI is InChI=1S/C14H17ClN4OS/c1-7-6-9(20)17-13(16-7)21-11-8(2)10(15)18-12(19-11)14(3,4)5/h6H,1-5H3,(H,16,17,20). The Morgan fingerprint density at radius 1 is 1.19 bits per heavy atom. The van der Waals surface area contributed by atoms with Gasteiger partial charge in [-0.2, -0.15) is 0 Å². The maximum atomic E-state index is 11.5. The summed E-state index contributed by atoms with van der Waals surface area (Å²) in [6.45, 7) is 9.70. The van der Waals surface area contributed by atoms with E-state index in [-0.39, 0.29) is 11.0 Å². The third kappa shape index (κ3) is 3.83. The van der Waals surface area contributed by atoms with Gasteiger partial charge < -0.3 is 4.98 Å². The zero-order chi connectivity index (χ0) is 15.8. The molecule has 0 unspecified atom stereocenters. The largest absolute Gasteiger partial charge is 0.301 e. The van der Waals surface area contributed by atoms with Crippen molar-refractivity contribution in [2.45, 2.75) is 50.2 Å². The summed E-state index contributed by atoms with van der Waals surface area (Å²) in [6, 6.07) is 1.45. The quantitative estimate of drug-likeness (QED) is 0.678. The Bertz CT molecular complexity index is 737. The molecule has 0 fully saturated rings. The van der Waals surface area contributed by atoms with Gasteiger partial charge in [0.1, 0.15) is 16.0 Å². The molecule has 0 saturated carbocycles. The minimum Gasteiger partial charge on any atom is -0.301 e. The number of nitrogens with one attached hydrogen (secondary N) is 1. The van der Waals surface area contributed by atoms with E-state index in [0.29, 0.717) is 26.9 Å². The molecule has 0 amide bonds. The molecule has 21 heavy (non-hydrogen) atoms. The molecule has 5 nitrogen and oxygen atoms in total. The average molecular weight is 325 g/mol. The van der Waals surface area contributed by atoms with Crippen LogP contribution in [0.2, 0.25) is 5.15 Å². The van der Waals surface area contributed by atoms with Crippen LogP contribution >= 0.6 is 23.4 Å². The summed E-state index contributed by atoms with van der Waals surface area (Å²) in [5.41, 5.74) is 1.05. The second-order valence-electron chi connectivity index (χ2n) is 5.81. The van der Waals surface area contributed by atoms with Crippen LogP contribution in [0.5, 0.6) is 0 Å². The fourth-order valence-corrected chi connectivity index (χ4v) is 2.73. The fourth-order valence-electron chi connectivity index (χ4n) is 1.60. The normalized spacial score (nSPS) is 11.7. The third-order valence-electron chi connectivity index (χ3n) is 2.75. The molecule has 0 aliphatic rings. The van der Waals surface area contributed by atoms with Crippen molar-refractivity contribution >= 4 is 23.4 Å². The Morgan fingerprint density at radius 3 is 2.43 bits per heavy atom. The van der Waals surface area contributed by atoms with Crippen LogP contribution in [-0.2, 0) is 5.41 Å². The lowest BCUT2D eigenvalue weighted by molar-refractivity contribution is 0.537. The summed E-state index contributed by atoms with van der Waals surface area (Å²) < 4.78 is 0. The Kier molecular flexibility index (Phi) is 4.39. The number of aromatic amines is 1. The van der Waals surface area contributed by atoms with Crippen molar-refractivity contribution in [3.05, 3.63) is 38.7 Å². The highest BCUT2D eigenvalue weighted by atomic mass is 35.5. The SMILES string of the molecule is Cc1cc(=O)[nH]c(Sc2nc(C(C)(C)C)nc(Cl)c2C)n1. The minimum atomic E-state index is -0.208. The van der Waals surface area contributed by atoms with E-state index < -0.39 is 0 Å². The van der Waals surface area contributed by atoms with Gasteiger partial charge in [0.05, 0.1) is 0 Å². The highest BCUT2D eigenvalue weighted by Crippen LogP contribution is 2.31. The van der Waals surface area contributed by atoms with Crippen molar-refractivity contribution < 1.29 is 0 Å². The van der Waals surface area contributed by atoms with Gasteiger partial charge in [0.25, 0.3) is 5.56 Å². The second kappa shape index (κ2) is 5.77.